The van der Waals surface area contributed by atoms with Crippen LogP contribution in [0.5, 0.6) is 0 Å². The zero-order chi connectivity index (χ0) is 21.4. The molecule has 3 unspecified atom stereocenters. The van der Waals surface area contributed by atoms with Crippen molar-refractivity contribution in [2.24, 2.45) is 17.8 Å². The molecule has 1 aliphatic carbocycles. The number of alkyl halides is 2. The highest BCUT2D eigenvalue weighted by Gasteiger charge is 2.49. The van der Waals surface area contributed by atoms with E-state index in [2.05, 4.69) is 29.5 Å². The minimum absolute atomic E-state index is 0.0355. The minimum Gasteiger partial charge on any atom is -0.469 e. The Kier molecular flexibility index (Phi) is 11.2. The van der Waals surface area contributed by atoms with E-state index in [1.807, 2.05) is 12.2 Å². The highest BCUT2D eigenvalue weighted by molar-refractivity contribution is 14.1. The van der Waals surface area contributed by atoms with Crippen LogP contribution in [0.15, 0.2) is 12.2 Å². The summed E-state index contributed by atoms with van der Waals surface area (Å²) in [6.45, 7) is 2.06. The first kappa shape index (κ1) is 25.4. The fraction of sp³-hybridized carbons (Fsp3) is 0.864. The topological polar surface area (TPSA) is 76.0 Å². The zero-order valence-corrected chi connectivity index (χ0v) is 20.4. The molecule has 0 aromatic carbocycles. The molecular formula is C22H36ClIO5. The first-order valence-corrected chi connectivity index (χ1v) is 12.6. The number of methoxy groups -OCH3 is 1. The lowest BCUT2D eigenvalue weighted by Crippen LogP contribution is -2.24. The van der Waals surface area contributed by atoms with E-state index in [9.17, 15) is 15.0 Å². The normalized spacial score (nSPS) is 32.3. The van der Waals surface area contributed by atoms with Gasteiger partial charge < -0.3 is 19.7 Å². The van der Waals surface area contributed by atoms with E-state index in [4.69, 9.17) is 21.1 Å². The van der Waals surface area contributed by atoms with Crippen molar-refractivity contribution in [3.05, 3.63) is 12.2 Å². The van der Waals surface area contributed by atoms with Gasteiger partial charge in [0, 0.05) is 28.6 Å². The van der Waals surface area contributed by atoms with Crippen LogP contribution in [0.2, 0.25) is 0 Å². The number of fused-ring (bicyclic) bond motifs is 1. The van der Waals surface area contributed by atoms with Gasteiger partial charge in [-0.2, -0.15) is 0 Å². The number of ether oxygens (including phenoxy) is 2. The van der Waals surface area contributed by atoms with Crippen LogP contribution >= 0.6 is 34.2 Å². The number of hydrogen-bond acceptors (Lipinski definition) is 5. The highest BCUT2D eigenvalue weighted by atomic mass is 127. The molecule has 0 aromatic rings. The average Bonchev–Trinajstić information content (AvgIpc) is 3.23. The van der Waals surface area contributed by atoms with Gasteiger partial charge in [0.25, 0.3) is 0 Å². The molecule has 0 amide bonds. The maximum atomic E-state index is 11.3. The van der Waals surface area contributed by atoms with Crippen molar-refractivity contribution in [2.45, 2.75) is 86.6 Å². The van der Waals surface area contributed by atoms with Crippen LogP contribution in [0.4, 0.5) is 0 Å². The van der Waals surface area contributed by atoms with Crippen molar-refractivity contribution in [1.29, 1.82) is 0 Å². The largest absolute Gasteiger partial charge is 0.469 e. The van der Waals surface area contributed by atoms with Crippen LogP contribution < -0.4 is 0 Å². The summed E-state index contributed by atoms with van der Waals surface area (Å²) in [6, 6.07) is 0. The summed E-state index contributed by atoms with van der Waals surface area (Å²) in [5.41, 5.74) is 0. The molecule has 0 radical (unpaired) electrons. The molecule has 1 saturated carbocycles. The number of halogens is 2. The third kappa shape index (κ3) is 7.63. The van der Waals surface area contributed by atoms with Crippen LogP contribution in [0.3, 0.4) is 0 Å². The molecule has 29 heavy (non-hydrogen) atoms. The monoisotopic (exact) mass is 542 g/mol. The van der Waals surface area contributed by atoms with Crippen LogP contribution in [-0.2, 0) is 14.3 Å². The van der Waals surface area contributed by atoms with Gasteiger partial charge in [0.2, 0.25) is 0 Å². The lowest BCUT2D eigenvalue weighted by atomic mass is 9.88. The van der Waals surface area contributed by atoms with E-state index in [-0.39, 0.29) is 30.0 Å². The van der Waals surface area contributed by atoms with Crippen LogP contribution in [-0.4, -0.2) is 57.5 Å². The van der Waals surface area contributed by atoms with Crippen molar-refractivity contribution in [3.8, 4) is 0 Å². The first-order chi connectivity index (χ1) is 13.9. The highest BCUT2D eigenvalue weighted by Crippen LogP contribution is 2.46. The molecule has 2 aliphatic rings. The van der Waals surface area contributed by atoms with Gasteiger partial charge in [-0.15, -0.1) is 11.6 Å². The quantitative estimate of drug-likeness (QED) is 0.127. The number of aliphatic hydroxyl groups is 2. The summed E-state index contributed by atoms with van der Waals surface area (Å²) >= 11 is 8.15. The predicted molar refractivity (Wildman–Crippen MR) is 123 cm³/mol. The van der Waals surface area contributed by atoms with Gasteiger partial charge in [-0.25, -0.2) is 0 Å². The zero-order valence-electron chi connectivity index (χ0n) is 17.5. The van der Waals surface area contributed by atoms with Gasteiger partial charge in [-0.1, -0.05) is 48.1 Å². The maximum absolute atomic E-state index is 11.3. The van der Waals surface area contributed by atoms with Gasteiger partial charge in [-0.05, 0) is 43.9 Å². The number of hydrogen-bond donors (Lipinski definition) is 2. The Morgan fingerprint density at radius 3 is 2.76 bits per heavy atom. The van der Waals surface area contributed by atoms with E-state index >= 15 is 0 Å². The van der Waals surface area contributed by atoms with Gasteiger partial charge in [0.1, 0.15) is 0 Å². The van der Waals surface area contributed by atoms with Crippen molar-refractivity contribution in [2.75, 3.05) is 13.0 Å². The minimum atomic E-state index is -0.495. The van der Waals surface area contributed by atoms with Crippen molar-refractivity contribution in [3.63, 3.8) is 0 Å². The van der Waals surface area contributed by atoms with E-state index in [0.717, 1.165) is 38.5 Å². The molecule has 1 heterocycles. The molecule has 2 fully saturated rings. The first-order valence-electron chi connectivity index (χ1n) is 10.8. The summed E-state index contributed by atoms with van der Waals surface area (Å²) in [7, 11) is 1.42. The molecular weight excluding hydrogens is 507 g/mol. The number of aliphatic hydroxyl groups excluding tert-OH is 2. The second kappa shape index (κ2) is 12.8. The summed E-state index contributed by atoms with van der Waals surface area (Å²) in [5, 5.41) is 20.9. The van der Waals surface area contributed by atoms with Crippen molar-refractivity contribution in [1.82, 2.24) is 0 Å². The van der Waals surface area contributed by atoms with Crippen molar-refractivity contribution < 1.29 is 24.5 Å². The van der Waals surface area contributed by atoms with E-state index in [1.165, 1.54) is 7.11 Å². The molecule has 1 aliphatic heterocycles. The third-order valence-electron chi connectivity index (χ3n) is 6.39. The van der Waals surface area contributed by atoms with E-state index in [0.29, 0.717) is 28.6 Å². The van der Waals surface area contributed by atoms with E-state index in [1.54, 1.807) is 0 Å². The predicted octanol–water partition coefficient (Wildman–Crippen LogP) is 4.25. The molecule has 168 valence electrons. The molecule has 8 atom stereocenters. The number of rotatable bonds is 12. The molecule has 0 aromatic heterocycles. The van der Waals surface area contributed by atoms with Crippen molar-refractivity contribution >= 4 is 40.2 Å². The molecule has 2 N–H and O–H groups in total. The molecule has 1 saturated heterocycles. The fourth-order valence-corrected chi connectivity index (χ4v) is 5.61. The van der Waals surface area contributed by atoms with Gasteiger partial charge in [0.15, 0.2) is 0 Å². The molecule has 0 bridgehead atoms. The number of unbranched alkanes of at least 4 members (excludes halogenated alkanes) is 1. The number of carbonyl (C=O) groups is 1. The lowest BCUT2D eigenvalue weighted by molar-refractivity contribution is -0.140. The molecule has 7 heteroatoms. The standard InChI is InChI=1S/C22H36ClIO5/c1-14(6-3-4-11-23)18(25)10-9-15-16-12-21(29-20(16)13-19(15)26)17(24)7-5-8-22(27)28-2/h9-10,14-21,25-26H,3-8,11-13H2,1-2H3/t14?,15-,16-,17?,18-,19-,20-,21?/m1/s1. The Balaban J connectivity index is 1.83. The van der Waals surface area contributed by atoms with Crippen LogP contribution in [0.1, 0.15) is 58.3 Å². The van der Waals surface area contributed by atoms with E-state index < -0.39 is 12.2 Å². The Hall–Kier alpha value is 0.110. The van der Waals surface area contributed by atoms with Gasteiger partial charge in [0.05, 0.1) is 31.5 Å². The molecule has 2 rings (SSSR count). The Bertz CT molecular complexity index is 531. The molecule has 5 nitrogen and oxygen atoms in total. The summed E-state index contributed by atoms with van der Waals surface area (Å²) in [4.78, 5) is 11.3. The number of carbonyl (C=O) groups excluding carboxylic acids is 1. The molecule has 0 spiro atoms. The number of esters is 1. The Morgan fingerprint density at radius 2 is 2.07 bits per heavy atom. The Labute approximate surface area is 193 Å². The van der Waals surface area contributed by atoms with Gasteiger partial charge >= 0.3 is 5.97 Å². The second-order valence-electron chi connectivity index (χ2n) is 8.51. The second-order valence-corrected chi connectivity index (χ2v) is 10.5. The summed E-state index contributed by atoms with van der Waals surface area (Å²) < 4.78 is 11.3. The fourth-order valence-electron chi connectivity index (χ4n) is 4.51. The summed E-state index contributed by atoms with van der Waals surface area (Å²) in [5.74, 6) is 1.01. The van der Waals surface area contributed by atoms with Crippen LogP contribution in [0.25, 0.3) is 0 Å². The smallest absolute Gasteiger partial charge is 0.305 e. The van der Waals surface area contributed by atoms with Crippen LogP contribution in [0, 0.1) is 17.8 Å². The summed E-state index contributed by atoms with van der Waals surface area (Å²) in [6.07, 6.45) is 9.91. The average molecular weight is 543 g/mol. The maximum Gasteiger partial charge on any atom is 0.305 e. The third-order valence-corrected chi connectivity index (χ3v) is 8.08. The lowest BCUT2D eigenvalue weighted by Gasteiger charge is -2.21. The van der Waals surface area contributed by atoms with Gasteiger partial charge in [-0.3, -0.25) is 4.79 Å². The SMILES string of the molecule is COC(=O)CCCC(I)C1C[C@@H]2[C@@H](C=C[C@@H](O)C(C)CCCCCl)[C@H](O)C[C@H]2O1. The Morgan fingerprint density at radius 1 is 1.31 bits per heavy atom.